The van der Waals surface area contributed by atoms with Gasteiger partial charge in [0.2, 0.25) is 0 Å². The minimum Gasteiger partial charge on any atom is -0.494 e. The molecule has 0 saturated heterocycles. The number of carbonyl (C=O) groups excluding carboxylic acids is 1. The first-order chi connectivity index (χ1) is 17.0. The van der Waals surface area contributed by atoms with Crippen LogP contribution in [0.4, 0.5) is 0 Å². The van der Waals surface area contributed by atoms with Crippen LogP contribution < -0.4 is 4.74 Å². The molecule has 2 aliphatic carbocycles. The second-order valence-electron chi connectivity index (χ2n) is 10.1. The summed E-state index contributed by atoms with van der Waals surface area (Å²) < 4.78 is 17.0. The Morgan fingerprint density at radius 1 is 1.09 bits per heavy atom. The lowest BCUT2D eigenvalue weighted by atomic mass is 9.73. The Bertz CT molecular complexity index is 983. The van der Waals surface area contributed by atoms with E-state index in [1.54, 1.807) is 0 Å². The van der Waals surface area contributed by atoms with Gasteiger partial charge in [0.25, 0.3) is 0 Å². The molecule has 0 aliphatic heterocycles. The van der Waals surface area contributed by atoms with Crippen LogP contribution in [0.25, 0.3) is 0 Å². The highest BCUT2D eigenvalue weighted by Gasteiger charge is 2.39. The Labute approximate surface area is 209 Å². The van der Waals surface area contributed by atoms with E-state index in [0.29, 0.717) is 11.7 Å². The van der Waals surface area contributed by atoms with Crippen LogP contribution in [0.5, 0.6) is 5.75 Å². The summed E-state index contributed by atoms with van der Waals surface area (Å²) in [7, 11) is 0. The van der Waals surface area contributed by atoms with Gasteiger partial charge in [-0.05, 0) is 86.0 Å². The third-order valence-corrected chi connectivity index (χ3v) is 7.47. The largest absolute Gasteiger partial charge is 0.494 e. The minimum atomic E-state index is -0.294. The molecule has 35 heavy (non-hydrogen) atoms. The van der Waals surface area contributed by atoms with Crippen molar-refractivity contribution in [3.8, 4) is 5.75 Å². The van der Waals surface area contributed by atoms with Gasteiger partial charge in [-0.3, -0.25) is 4.79 Å². The SMILES string of the molecule is C=C(COc1cccc2c1CC1CCC(CCC(C)O)C1C2)OCCC(=O)OCc1ccccc1. The Kier molecular flexibility index (Phi) is 8.86. The lowest BCUT2D eigenvalue weighted by Gasteiger charge is -2.32. The Balaban J connectivity index is 1.21. The van der Waals surface area contributed by atoms with Gasteiger partial charge >= 0.3 is 5.97 Å². The summed E-state index contributed by atoms with van der Waals surface area (Å²) in [6, 6.07) is 16.0. The topological polar surface area (TPSA) is 65.0 Å². The normalized spacial score (nSPS) is 21.5. The molecular weight excluding hydrogens is 440 g/mol. The molecule has 0 heterocycles. The van der Waals surface area contributed by atoms with Crippen molar-refractivity contribution < 1.29 is 24.1 Å². The highest BCUT2D eigenvalue weighted by molar-refractivity contribution is 5.69. The summed E-state index contributed by atoms with van der Waals surface area (Å²) >= 11 is 0. The van der Waals surface area contributed by atoms with Crippen LogP contribution in [-0.4, -0.2) is 30.4 Å². The van der Waals surface area contributed by atoms with Gasteiger partial charge in [-0.15, -0.1) is 0 Å². The summed E-state index contributed by atoms with van der Waals surface area (Å²) in [5.74, 6) is 3.27. The van der Waals surface area contributed by atoms with Gasteiger partial charge in [0.1, 0.15) is 24.7 Å². The van der Waals surface area contributed by atoms with Crippen molar-refractivity contribution in [3.63, 3.8) is 0 Å². The van der Waals surface area contributed by atoms with E-state index in [4.69, 9.17) is 14.2 Å². The maximum Gasteiger partial charge on any atom is 0.309 e. The predicted molar refractivity (Wildman–Crippen MR) is 136 cm³/mol. The average Bonchev–Trinajstić information content (AvgIpc) is 3.26. The monoisotopic (exact) mass is 478 g/mol. The van der Waals surface area contributed by atoms with E-state index < -0.39 is 0 Å². The molecular formula is C30H38O5. The first-order valence-corrected chi connectivity index (χ1v) is 12.9. The fraction of sp³-hybridized carbons (Fsp3) is 0.500. The predicted octanol–water partition coefficient (Wildman–Crippen LogP) is 5.63. The van der Waals surface area contributed by atoms with Crippen molar-refractivity contribution >= 4 is 5.97 Å². The fourth-order valence-electron chi connectivity index (χ4n) is 5.62. The van der Waals surface area contributed by atoms with Gasteiger partial charge in [-0.2, -0.15) is 0 Å². The third kappa shape index (κ3) is 7.11. The summed E-state index contributed by atoms with van der Waals surface area (Å²) in [6.45, 7) is 6.60. The first kappa shape index (κ1) is 25.3. The maximum atomic E-state index is 12.0. The number of ether oxygens (including phenoxy) is 3. The number of hydrogen-bond donors (Lipinski definition) is 1. The van der Waals surface area contributed by atoms with Crippen molar-refractivity contribution in [2.75, 3.05) is 13.2 Å². The molecule has 1 saturated carbocycles. The molecule has 2 aromatic carbocycles. The molecule has 1 fully saturated rings. The quantitative estimate of drug-likeness (QED) is 0.316. The summed E-state index contributed by atoms with van der Waals surface area (Å²) in [6.07, 6.45) is 6.68. The molecule has 0 aromatic heterocycles. The number of aliphatic hydroxyl groups excluding tert-OH is 1. The molecule has 188 valence electrons. The third-order valence-electron chi connectivity index (χ3n) is 7.47. The molecule has 5 heteroatoms. The Morgan fingerprint density at radius 2 is 1.91 bits per heavy atom. The van der Waals surface area contributed by atoms with Crippen molar-refractivity contribution in [2.45, 2.75) is 64.6 Å². The molecule has 1 N–H and O–H groups in total. The van der Waals surface area contributed by atoms with Gasteiger partial charge < -0.3 is 19.3 Å². The fourth-order valence-corrected chi connectivity index (χ4v) is 5.62. The highest BCUT2D eigenvalue weighted by atomic mass is 16.5. The van der Waals surface area contributed by atoms with E-state index in [-0.39, 0.29) is 38.3 Å². The number of hydrogen-bond acceptors (Lipinski definition) is 5. The van der Waals surface area contributed by atoms with Crippen LogP contribution in [0.1, 0.15) is 55.7 Å². The van der Waals surface area contributed by atoms with Crippen molar-refractivity contribution in [1.29, 1.82) is 0 Å². The van der Waals surface area contributed by atoms with E-state index in [1.165, 1.54) is 24.0 Å². The van der Waals surface area contributed by atoms with Crippen LogP contribution in [0.3, 0.4) is 0 Å². The summed E-state index contributed by atoms with van der Waals surface area (Å²) in [4.78, 5) is 12.0. The molecule has 4 unspecified atom stereocenters. The number of rotatable bonds is 12. The van der Waals surface area contributed by atoms with Gasteiger partial charge in [0.05, 0.1) is 19.1 Å². The van der Waals surface area contributed by atoms with Crippen molar-refractivity contribution in [2.24, 2.45) is 17.8 Å². The van der Waals surface area contributed by atoms with Gasteiger partial charge in [-0.25, -0.2) is 0 Å². The molecule has 0 radical (unpaired) electrons. The average molecular weight is 479 g/mol. The smallest absolute Gasteiger partial charge is 0.309 e. The Hall–Kier alpha value is -2.79. The molecule has 2 aliphatic rings. The standard InChI is InChI=1S/C30H38O5/c1-21(31)11-12-24-13-14-26-18-28-25(17-27(24)26)9-6-10-29(28)34-19-22(2)33-16-15-30(32)35-20-23-7-4-3-5-8-23/h3-10,21,24,26-27,31H,2,11-20H2,1H3. The van der Waals surface area contributed by atoms with E-state index in [1.807, 2.05) is 43.3 Å². The highest BCUT2D eigenvalue weighted by Crippen LogP contribution is 2.48. The second-order valence-corrected chi connectivity index (χ2v) is 10.1. The molecule has 4 atom stereocenters. The lowest BCUT2D eigenvalue weighted by molar-refractivity contribution is -0.145. The number of aliphatic hydroxyl groups is 1. The molecule has 2 aromatic rings. The molecule has 0 bridgehead atoms. The minimum absolute atomic E-state index is 0.173. The zero-order chi connectivity index (χ0) is 24.6. The van der Waals surface area contributed by atoms with Gasteiger partial charge in [0, 0.05) is 0 Å². The number of esters is 1. The second kappa shape index (κ2) is 12.3. The van der Waals surface area contributed by atoms with E-state index in [9.17, 15) is 9.90 Å². The first-order valence-electron chi connectivity index (χ1n) is 12.9. The van der Waals surface area contributed by atoms with Gasteiger partial charge in [-0.1, -0.05) is 49.0 Å². The van der Waals surface area contributed by atoms with Crippen LogP contribution in [0, 0.1) is 17.8 Å². The molecule has 0 amide bonds. The molecule has 4 rings (SSSR count). The number of benzene rings is 2. The van der Waals surface area contributed by atoms with E-state index >= 15 is 0 Å². The van der Waals surface area contributed by atoms with Crippen molar-refractivity contribution in [1.82, 2.24) is 0 Å². The number of carbonyl (C=O) groups is 1. The Morgan fingerprint density at radius 3 is 2.71 bits per heavy atom. The summed E-state index contributed by atoms with van der Waals surface area (Å²) in [5.41, 5.74) is 3.67. The van der Waals surface area contributed by atoms with Crippen molar-refractivity contribution in [3.05, 3.63) is 77.6 Å². The molecule has 0 spiro atoms. The van der Waals surface area contributed by atoms with E-state index in [2.05, 4.69) is 18.7 Å². The lowest BCUT2D eigenvalue weighted by Crippen LogP contribution is -2.26. The van der Waals surface area contributed by atoms with Gasteiger partial charge in [0.15, 0.2) is 0 Å². The zero-order valence-corrected chi connectivity index (χ0v) is 20.8. The van der Waals surface area contributed by atoms with Crippen LogP contribution in [0.2, 0.25) is 0 Å². The zero-order valence-electron chi connectivity index (χ0n) is 20.8. The van der Waals surface area contributed by atoms with E-state index in [0.717, 1.165) is 48.8 Å². The van der Waals surface area contributed by atoms with Crippen LogP contribution >= 0.6 is 0 Å². The number of fused-ring (bicyclic) bond motifs is 2. The van der Waals surface area contributed by atoms with Crippen LogP contribution in [0.15, 0.2) is 60.9 Å². The summed E-state index contributed by atoms with van der Waals surface area (Å²) in [5, 5.41) is 9.70. The maximum absolute atomic E-state index is 12.0. The van der Waals surface area contributed by atoms with Crippen LogP contribution in [-0.2, 0) is 33.7 Å². The molecule has 5 nitrogen and oxygen atoms in total.